The fourth-order valence-electron chi connectivity index (χ4n) is 3.27. The predicted molar refractivity (Wildman–Crippen MR) is 76.7 cm³/mol. The van der Waals surface area contributed by atoms with Crippen molar-refractivity contribution in [3.05, 3.63) is 83.5 Å². The molecule has 0 atom stereocenters. The van der Waals surface area contributed by atoms with Gasteiger partial charge in [0.15, 0.2) is 0 Å². The quantitative estimate of drug-likeness (QED) is 0.811. The smallest absolute Gasteiger partial charge is 0.138 e. The molecule has 0 radical (unpaired) electrons. The molecule has 0 aliphatic heterocycles. The summed E-state index contributed by atoms with van der Waals surface area (Å²) >= 11 is 0. The van der Waals surface area contributed by atoms with Crippen LogP contribution in [-0.4, -0.2) is 5.11 Å². The molecule has 0 fully saturated rings. The second-order valence-electron chi connectivity index (χ2n) is 5.13. The molecule has 2 aliphatic carbocycles. The van der Waals surface area contributed by atoms with E-state index in [4.69, 9.17) is 0 Å². The lowest BCUT2D eigenvalue weighted by Gasteiger charge is -2.27. The van der Waals surface area contributed by atoms with Crippen molar-refractivity contribution in [2.24, 2.45) is 0 Å². The van der Waals surface area contributed by atoms with Gasteiger partial charge < -0.3 is 5.11 Å². The van der Waals surface area contributed by atoms with Gasteiger partial charge in [-0.15, -0.1) is 0 Å². The molecular weight excluding hydrogens is 232 g/mol. The third-order valence-electron chi connectivity index (χ3n) is 4.16. The molecule has 2 aliphatic rings. The maximum absolute atomic E-state index is 11.4. The first-order chi connectivity index (χ1) is 9.32. The van der Waals surface area contributed by atoms with Crippen LogP contribution in [-0.2, 0) is 5.60 Å². The molecule has 0 heterocycles. The average molecular weight is 246 g/mol. The van der Waals surface area contributed by atoms with E-state index in [1.165, 1.54) is 0 Å². The molecule has 1 nitrogen and oxygen atoms in total. The van der Waals surface area contributed by atoms with Crippen molar-refractivity contribution in [3.8, 4) is 11.1 Å². The van der Waals surface area contributed by atoms with Gasteiger partial charge in [0.25, 0.3) is 0 Å². The summed E-state index contributed by atoms with van der Waals surface area (Å²) < 4.78 is 0. The molecule has 0 saturated carbocycles. The second kappa shape index (κ2) is 3.69. The molecule has 0 unspecified atom stereocenters. The number of allylic oxidation sites excluding steroid dienone is 3. The van der Waals surface area contributed by atoms with E-state index in [1.807, 2.05) is 48.6 Å². The Labute approximate surface area is 112 Å². The summed E-state index contributed by atoms with van der Waals surface area (Å²) in [5.74, 6) is 0. The van der Waals surface area contributed by atoms with E-state index < -0.39 is 5.60 Å². The van der Waals surface area contributed by atoms with Crippen LogP contribution in [0.5, 0.6) is 0 Å². The van der Waals surface area contributed by atoms with Crippen LogP contribution in [0.3, 0.4) is 0 Å². The summed E-state index contributed by atoms with van der Waals surface area (Å²) in [5.41, 5.74) is 4.40. The van der Waals surface area contributed by atoms with Crippen LogP contribution in [0.2, 0.25) is 0 Å². The lowest BCUT2D eigenvalue weighted by molar-refractivity contribution is 0.124. The molecule has 2 aromatic rings. The second-order valence-corrected chi connectivity index (χ2v) is 5.13. The van der Waals surface area contributed by atoms with E-state index in [0.717, 1.165) is 34.2 Å². The number of hydrogen-bond acceptors (Lipinski definition) is 1. The molecule has 1 heteroatoms. The summed E-state index contributed by atoms with van der Waals surface area (Å²) in [7, 11) is 0. The maximum atomic E-state index is 11.4. The highest BCUT2D eigenvalue weighted by Gasteiger charge is 2.43. The van der Waals surface area contributed by atoms with Crippen molar-refractivity contribution in [1.82, 2.24) is 0 Å². The molecule has 0 bridgehead atoms. The van der Waals surface area contributed by atoms with Crippen molar-refractivity contribution < 1.29 is 5.11 Å². The van der Waals surface area contributed by atoms with E-state index in [0.29, 0.717) is 0 Å². The van der Waals surface area contributed by atoms with Crippen molar-refractivity contribution in [2.45, 2.75) is 12.0 Å². The molecule has 1 N–H and O–H groups in total. The average Bonchev–Trinajstić information content (AvgIpc) is 3.08. The van der Waals surface area contributed by atoms with Gasteiger partial charge in [0.05, 0.1) is 0 Å². The van der Waals surface area contributed by atoms with E-state index in [1.54, 1.807) is 0 Å². The highest BCUT2D eigenvalue weighted by molar-refractivity contribution is 5.82. The van der Waals surface area contributed by atoms with Gasteiger partial charge in [-0.3, -0.25) is 0 Å². The van der Waals surface area contributed by atoms with Crippen LogP contribution in [0.25, 0.3) is 11.1 Å². The monoisotopic (exact) mass is 246 g/mol. The van der Waals surface area contributed by atoms with E-state index in [-0.39, 0.29) is 0 Å². The molecular formula is C18H14O. The zero-order chi connectivity index (χ0) is 12.9. The number of rotatable bonds is 1. The SMILES string of the molecule is OC1(C2=CC=CC2)c2ccccc2-c2ccccc21. The minimum absolute atomic E-state index is 0.819. The van der Waals surface area contributed by atoms with Gasteiger partial charge >= 0.3 is 0 Å². The Hall–Kier alpha value is -2.12. The Bertz CT molecular complexity index is 676. The first-order valence-electron chi connectivity index (χ1n) is 6.60. The number of aliphatic hydroxyl groups is 1. The molecule has 2 aromatic carbocycles. The highest BCUT2D eigenvalue weighted by Crippen LogP contribution is 2.52. The van der Waals surface area contributed by atoms with Crippen LogP contribution < -0.4 is 0 Å². The molecule has 0 spiro atoms. The molecule has 19 heavy (non-hydrogen) atoms. The lowest BCUT2D eigenvalue weighted by atomic mass is 9.83. The number of hydrogen-bond donors (Lipinski definition) is 1. The minimum Gasteiger partial charge on any atom is -0.376 e. The Morgan fingerprint density at radius 3 is 1.95 bits per heavy atom. The maximum Gasteiger partial charge on any atom is 0.138 e. The Morgan fingerprint density at radius 1 is 0.842 bits per heavy atom. The zero-order valence-electron chi connectivity index (χ0n) is 10.5. The van der Waals surface area contributed by atoms with Gasteiger partial charge in [-0.1, -0.05) is 66.8 Å². The highest BCUT2D eigenvalue weighted by atomic mass is 16.3. The standard InChI is InChI=1S/C18H14O/c19-18(13-7-1-2-8-13)16-11-5-3-9-14(16)15-10-4-6-12-17(15)18/h1-7,9-12,19H,8H2. The van der Waals surface area contributed by atoms with Crippen LogP contribution >= 0.6 is 0 Å². The number of fused-ring (bicyclic) bond motifs is 3. The van der Waals surface area contributed by atoms with Crippen molar-refractivity contribution >= 4 is 0 Å². The van der Waals surface area contributed by atoms with Gasteiger partial charge in [0.2, 0.25) is 0 Å². The molecule has 0 aromatic heterocycles. The Morgan fingerprint density at radius 2 is 1.42 bits per heavy atom. The molecule has 4 rings (SSSR count). The summed E-state index contributed by atoms with van der Waals surface area (Å²) in [6, 6.07) is 16.3. The third kappa shape index (κ3) is 1.28. The van der Waals surface area contributed by atoms with Gasteiger partial charge in [0, 0.05) is 11.1 Å². The normalized spacial score (nSPS) is 18.1. The topological polar surface area (TPSA) is 20.2 Å². The lowest BCUT2D eigenvalue weighted by Crippen LogP contribution is -2.26. The Balaban J connectivity index is 2.06. The summed E-state index contributed by atoms with van der Waals surface area (Å²) in [4.78, 5) is 0. The molecule has 92 valence electrons. The fraction of sp³-hybridized carbons (Fsp3) is 0.111. The van der Waals surface area contributed by atoms with Gasteiger partial charge in [-0.2, -0.15) is 0 Å². The van der Waals surface area contributed by atoms with Crippen LogP contribution in [0.15, 0.2) is 72.3 Å². The molecule has 0 amide bonds. The van der Waals surface area contributed by atoms with E-state index >= 15 is 0 Å². The number of benzene rings is 2. The minimum atomic E-state index is -0.962. The Kier molecular flexibility index (Phi) is 2.09. The summed E-state index contributed by atoms with van der Waals surface area (Å²) in [6.07, 6.45) is 6.98. The first kappa shape index (κ1) is 10.8. The predicted octanol–water partition coefficient (Wildman–Crippen LogP) is 3.79. The van der Waals surface area contributed by atoms with Gasteiger partial charge in [-0.05, 0) is 23.1 Å². The largest absolute Gasteiger partial charge is 0.376 e. The first-order valence-corrected chi connectivity index (χ1v) is 6.60. The van der Waals surface area contributed by atoms with Crippen LogP contribution in [0, 0.1) is 0 Å². The van der Waals surface area contributed by atoms with Crippen LogP contribution in [0.4, 0.5) is 0 Å². The van der Waals surface area contributed by atoms with Gasteiger partial charge in [-0.25, -0.2) is 0 Å². The van der Waals surface area contributed by atoms with Gasteiger partial charge in [0.1, 0.15) is 5.60 Å². The van der Waals surface area contributed by atoms with Crippen molar-refractivity contribution in [3.63, 3.8) is 0 Å². The zero-order valence-corrected chi connectivity index (χ0v) is 10.5. The fourth-order valence-corrected chi connectivity index (χ4v) is 3.27. The summed E-state index contributed by atoms with van der Waals surface area (Å²) in [5, 5.41) is 11.4. The van der Waals surface area contributed by atoms with Crippen molar-refractivity contribution in [1.29, 1.82) is 0 Å². The van der Waals surface area contributed by atoms with Crippen LogP contribution in [0.1, 0.15) is 17.5 Å². The summed E-state index contributed by atoms with van der Waals surface area (Å²) in [6.45, 7) is 0. The molecule has 0 saturated heterocycles. The third-order valence-corrected chi connectivity index (χ3v) is 4.16. The van der Waals surface area contributed by atoms with Crippen molar-refractivity contribution in [2.75, 3.05) is 0 Å². The van der Waals surface area contributed by atoms with E-state index in [2.05, 4.69) is 18.2 Å². The van der Waals surface area contributed by atoms with E-state index in [9.17, 15) is 5.11 Å².